The van der Waals surface area contributed by atoms with Crippen LogP contribution in [0.5, 0.6) is 5.75 Å². The Labute approximate surface area is 211 Å². The maximum Gasteiger partial charge on any atom is 0.271 e. The van der Waals surface area contributed by atoms with E-state index in [9.17, 15) is 25.3 Å². The minimum Gasteiger partial charge on any atom is -0.506 e. The summed E-state index contributed by atoms with van der Waals surface area (Å²) in [7, 11) is 0. The summed E-state index contributed by atoms with van der Waals surface area (Å²) in [6.07, 6.45) is 1.19. The summed E-state index contributed by atoms with van der Waals surface area (Å²) >= 11 is 3.08. The van der Waals surface area contributed by atoms with E-state index in [1.54, 1.807) is 0 Å². The van der Waals surface area contributed by atoms with E-state index in [0.717, 1.165) is 0 Å². The summed E-state index contributed by atoms with van der Waals surface area (Å²) in [6, 6.07) is 8.07. The average molecular weight is 560 g/mol. The molecule has 1 aliphatic rings. The Bertz CT molecular complexity index is 1320. The number of aromatic hydroxyl groups is 1. The number of phenols is 1. The average Bonchev–Trinajstić information content (AvgIpc) is 2.87. The number of morpholine rings is 1. The van der Waals surface area contributed by atoms with Gasteiger partial charge in [0, 0.05) is 48.6 Å². The summed E-state index contributed by atoms with van der Waals surface area (Å²) in [6.45, 7) is 2.11. The van der Waals surface area contributed by atoms with Crippen LogP contribution in [-0.4, -0.2) is 62.4 Å². The first kappa shape index (κ1) is 24.7. The minimum atomic E-state index is -0.592. The smallest absolute Gasteiger partial charge is 0.271 e. The molecule has 36 heavy (non-hydrogen) atoms. The molecular formula is C20H18BrN9O6. The van der Waals surface area contributed by atoms with Crippen LogP contribution in [0.3, 0.4) is 0 Å². The number of nitro groups is 2. The van der Waals surface area contributed by atoms with Gasteiger partial charge in [0.1, 0.15) is 5.75 Å². The predicted molar refractivity (Wildman–Crippen MR) is 133 cm³/mol. The Morgan fingerprint density at radius 1 is 1.03 bits per heavy atom. The standard InChI is InChI=1S/C20H18BrN9O6/c21-16-10-15(30(34)35)9-12(17(16)31)11-22-27-19-24-18(23-13-1-3-14(4-2-13)29(32)33)25-20(26-19)28-5-7-36-8-6-28/h1-4,9-11,31H,5-8H2,(H2,23,24,25,26,27)/b22-11+. The summed E-state index contributed by atoms with van der Waals surface area (Å²) in [5.74, 6) is 0.322. The molecule has 0 amide bonds. The minimum absolute atomic E-state index is 0.0520. The number of aromatic nitrogens is 3. The van der Waals surface area contributed by atoms with E-state index in [0.29, 0.717) is 37.9 Å². The number of rotatable bonds is 8. The van der Waals surface area contributed by atoms with E-state index in [1.165, 1.54) is 42.6 Å². The van der Waals surface area contributed by atoms with Gasteiger partial charge in [-0.3, -0.25) is 20.2 Å². The van der Waals surface area contributed by atoms with Crippen molar-refractivity contribution in [1.82, 2.24) is 15.0 Å². The lowest BCUT2D eigenvalue weighted by Crippen LogP contribution is -2.37. The number of nitro benzene ring substituents is 2. The molecule has 1 fully saturated rings. The second kappa shape index (κ2) is 10.9. The fourth-order valence-electron chi connectivity index (χ4n) is 3.14. The molecule has 0 radical (unpaired) electrons. The Hall–Kier alpha value is -4.44. The van der Waals surface area contributed by atoms with E-state index in [-0.39, 0.29) is 39.1 Å². The van der Waals surface area contributed by atoms with E-state index in [1.807, 2.05) is 4.90 Å². The molecule has 4 rings (SSSR count). The van der Waals surface area contributed by atoms with Gasteiger partial charge in [-0.15, -0.1) is 0 Å². The molecule has 1 aliphatic heterocycles. The fourth-order valence-corrected chi connectivity index (χ4v) is 3.60. The van der Waals surface area contributed by atoms with Crippen molar-refractivity contribution in [3.63, 3.8) is 0 Å². The second-order valence-electron chi connectivity index (χ2n) is 7.30. The molecule has 0 unspecified atom stereocenters. The van der Waals surface area contributed by atoms with Crippen LogP contribution in [0.2, 0.25) is 0 Å². The predicted octanol–water partition coefficient (Wildman–Crippen LogP) is 3.18. The zero-order chi connectivity index (χ0) is 25.7. The molecule has 0 atom stereocenters. The topological polar surface area (TPSA) is 194 Å². The van der Waals surface area contributed by atoms with E-state index in [2.05, 4.69) is 46.7 Å². The third-order valence-electron chi connectivity index (χ3n) is 4.91. The largest absolute Gasteiger partial charge is 0.506 e. The number of ether oxygens (including phenoxy) is 1. The van der Waals surface area contributed by atoms with Crippen LogP contribution in [0.15, 0.2) is 46.0 Å². The summed E-state index contributed by atoms with van der Waals surface area (Å²) in [5, 5.41) is 39.2. The van der Waals surface area contributed by atoms with Gasteiger partial charge < -0.3 is 20.1 Å². The SMILES string of the molecule is O=[N+]([O-])c1ccc(Nc2nc(N/N=C/c3cc([N+](=O)[O-])cc(Br)c3O)nc(N3CCOCC3)n2)cc1. The van der Waals surface area contributed by atoms with Crippen molar-refractivity contribution in [2.45, 2.75) is 0 Å². The maximum absolute atomic E-state index is 11.1. The second-order valence-corrected chi connectivity index (χ2v) is 8.16. The lowest BCUT2D eigenvalue weighted by Gasteiger charge is -2.27. The van der Waals surface area contributed by atoms with Gasteiger partial charge in [-0.05, 0) is 28.1 Å². The van der Waals surface area contributed by atoms with Crippen molar-refractivity contribution in [2.24, 2.45) is 5.10 Å². The molecule has 0 spiro atoms. The lowest BCUT2D eigenvalue weighted by atomic mass is 10.2. The van der Waals surface area contributed by atoms with E-state index < -0.39 is 9.85 Å². The molecule has 3 aromatic rings. The Balaban J connectivity index is 1.60. The molecule has 16 heteroatoms. The summed E-state index contributed by atoms with van der Waals surface area (Å²) < 4.78 is 5.51. The van der Waals surface area contributed by atoms with Gasteiger partial charge in [-0.2, -0.15) is 20.1 Å². The molecule has 0 aliphatic carbocycles. The number of halogens is 1. The third-order valence-corrected chi connectivity index (χ3v) is 5.51. The van der Waals surface area contributed by atoms with Crippen molar-refractivity contribution >= 4 is 57.1 Å². The van der Waals surface area contributed by atoms with Gasteiger partial charge in [0.25, 0.3) is 11.4 Å². The lowest BCUT2D eigenvalue weighted by molar-refractivity contribution is -0.385. The van der Waals surface area contributed by atoms with E-state index >= 15 is 0 Å². The molecule has 1 aromatic heterocycles. The van der Waals surface area contributed by atoms with Crippen LogP contribution in [-0.2, 0) is 4.74 Å². The van der Waals surface area contributed by atoms with Crippen LogP contribution < -0.4 is 15.6 Å². The van der Waals surface area contributed by atoms with Crippen molar-refractivity contribution < 1.29 is 19.7 Å². The highest BCUT2D eigenvalue weighted by atomic mass is 79.9. The summed E-state index contributed by atoms with van der Waals surface area (Å²) in [5.41, 5.74) is 2.96. The molecule has 2 aromatic carbocycles. The number of phenolic OH excluding ortho intramolecular Hbond substituents is 1. The number of non-ortho nitro benzene ring substituents is 2. The summed E-state index contributed by atoms with van der Waals surface area (Å²) in [4.78, 5) is 35.9. The number of nitrogens with one attached hydrogen (secondary N) is 2. The van der Waals surface area contributed by atoms with Crippen LogP contribution in [0.1, 0.15) is 5.56 Å². The van der Waals surface area contributed by atoms with Gasteiger partial charge in [-0.1, -0.05) is 0 Å². The molecule has 0 bridgehead atoms. The molecule has 0 saturated carbocycles. The van der Waals surface area contributed by atoms with Gasteiger partial charge in [0.15, 0.2) is 0 Å². The third kappa shape index (κ3) is 5.97. The van der Waals surface area contributed by atoms with Crippen molar-refractivity contribution in [3.05, 3.63) is 66.7 Å². The number of hydrogen-bond acceptors (Lipinski definition) is 13. The quantitative estimate of drug-likeness (QED) is 0.207. The van der Waals surface area contributed by atoms with Crippen LogP contribution >= 0.6 is 15.9 Å². The number of nitrogens with zero attached hydrogens (tertiary/aromatic N) is 7. The van der Waals surface area contributed by atoms with Gasteiger partial charge >= 0.3 is 0 Å². The Morgan fingerprint density at radius 2 is 1.69 bits per heavy atom. The Kier molecular flexibility index (Phi) is 7.45. The first-order chi connectivity index (χ1) is 17.3. The van der Waals surface area contributed by atoms with Gasteiger partial charge in [0.2, 0.25) is 17.8 Å². The highest BCUT2D eigenvalue weighted by Crippen LogP contribution is 2.31. The molecule has 3 N–H and O–H groups in total. The zero-order valence-electron chi connectivity index (χ0n) is 18.4. The maximum atomic E-state index is 11.1. The first-order valence-electron chi connectivity index (χ1n) is 10.4. The highest BCUT2D eigenvalue weighted by molar-refractivity contribution is 9.10. The normalized spacial score (nSPS) is 13.5. The number of benzene rings is 2. The number of hydrogen-bond donors (Lipinski definition) is 3. The molecule has 1 saturated heterocycles. The fraction of sp³-hybridized carbons (Fsp3) is 0.200. The van der Waals surface area contributed by atoms with Crippen LogP contribution in [0.4, 0.5) is 34.9 Å². The van der Waals surface area contributed by atoms with Crippen LogP contribution in [0, 0.1) is 20.2 Å². The van der Waals surface area contributed by atoms with Crippen molar-refractivity contribution in [3.8, 4) is 5.75 Å². The molecule has 2 heterocycles. The molecular weight excluding hydrogens is 542 g/mol. The molecule has 15 nitrogen and oxygen atoms in total. The zero-order valence-corrected chi connectivity index (χ0v) is 20.0. The monoisotopic (exact) mass is 559 g/mol. The molecule has 186 valence electrons. The number of hydrazone groups is 1. The highest BCUT2D eigenvalue weighted by Gasteiger charge is 2.17. The van der Waals surface area contributed by atoms with Gasteiger partial charge in [-0.25, -0.2) is 5.43 Å². The first-order valence-corrected chi connectivity index (χ1v) is 11.2. The van der Waals surface area contributed by atoms with Crippen molar-refractivity contribution in [2.75, 3.05) is 41.9 Å². The number of anilines is 4. The van der Waals surface area contributed by atoms with E-state index in [4.69, 9.17) is 4.74 Å². The van der Waals surface area contributed by atoms with Crippen molar-refractivity contribution in [1.29, 1.82) is 0 Å². The van der Waals surface area contributed by atoms with Gasteiger partial charge in [0.05, 0.1) is 33.7 Å². The Morgan fingerprint density at radius 3 is 2.36 bits per heavy atom. The van der Waals surface area contributed by atoms with Crippen LogP contribution in [0.25, 0.3) is 0 Å².